The van der Waals surface area contributed by atoms with Crippen LogP contribution >= 0.6 is 24.4 Å². The van der Waals surface area contributed by atoms with Gasteiger partial charge in [0, 0.05) is 31.8 Å². The molecule has 0 unspecified atom stereocenters. The largest absolute Gasteiger partial charge is 0.375 e. The summed E-state index contributed by atoms with van der Waals surface area (Å²) in [5.74, 6) is -0.827. The van der Waals surface area contributed by atoms with E-state index in [1.54, 1.807) is 14.2 Å². The van der Waals surface area contributed by atoms with E-state index in [9.17, 15) is 0 Å². The molecule has 148 valence electrons. The van der Waals surface area contributed by atoms with Crippen LogP contribution in [0.15, 0.2) is 64.3 Å². The van der Waals surface area contributed by atoms with Crippen LogP contribution in [0.3, 0.4) is 0 Å². The Morgan fingerprint density at radius 2 is 1.57 bits per heavy atom. The van der Waals surface area contributed by atoms with E-state index in [1.165, 1.54) is 0 Å². The summed E-state index contributed by atoms with van der Waals surface area (Å²) < 4.78 is 10.9. The van der Waals surface area contributed by atoms with E-state index in [0.717, 1.165) is 11.1 Å². The summed E-state index contributed by atoms with van der Waals surface area (Å²) in [5.41, 5.74) is 18.9. The fourth-order valence-corrected chi connectivity index (χ4v) is 2.58. The van der Waals surface area contributed by atoms with Crippen molar-refractivity contribution in [3.8, 4) is 0 Å². The van der Waals surface area contributed by atoms with Crippen molar-refractivity contribution < 1.29 is 9.47 Å². The number of nitrogens with one attached hydrogen (secondary N) is 2. The maximum Gasteiger partial charge on any atom is 0.190 e. The Morgan fingerprint density at radius 1 is 1.00 bits per heavy atom. The summed E-state index contributed by atoms with van der Waals surface area (Å²) >= 11 is 9.76. The van der Waals surface area contributed by atoms with Crippen LogP contribution in [0.5, 0.6) is 0 Å². The van der Waals surface area contributed by atoms with E-state index < -0.39 is 5.79 Å². The Kier molecular flexibility index (Phi) is 7.76. The van der Waals surface area contributed by atoms with Gasteiger partial charge in [0.2, 0.25) is 0 Å². The number of nitrogens with two attached hydrogens (primary N) is 2. The van der Waals surface area contributed by atoms with Crippen LogP contribution < -0.4 is 22.3 Å². The van der Waals surface area contributed by atoms with Gasteiger partial charge in [-0.15, -0.1) is 0 Å². The van der Waals surface area contributed by atoms with Crippen LogP contribution in [-0.2, 0) is 9.47 Å². The van der Waals surface area contributed by atoms with E-state index >= 15 is 0 Å². The SMILES string of the molecule is COC1(OC)C=CC(C(=NNC(N)=S)C(=NNC(N)=S)c2ccccc2)=CC1. The van der Waals surface area contributed by atoms with Gasteiger partial charge in [-0.25, -0.2) is 0 Å². The Hall–Kier alpha value is -2.66. The highest BCUT2D eigenvalue weighted by Crippen LogP contribution is 2.26. The minimum absolute atomic E-state index is 0.0238. The van der Waals surface area contributed by atoms with Gasteiger partial charge in [-0.05, 0) is 30.5 Å². The predicted octanol–water partition coefficient (Wildman–Crippen LogP) is 1.29. The second-order valence-corrected chi connectivity index (χ2v) is 6.54. The molecule has 0 bridgehead atoms. The topological polar surface area (TPSA) is 119 Å². The first-order chi connectivity index (χ1) is 13.4. The summed E-state index contributed by atoms with van der Waals surface area (Å²) in [6, 6.07) is 9.44. The number of hydrogen-bond donors (Lipinski definition) is 4. The van der Waals surface area contributed by atoms with Crippen LogP contribution in [0.25, 0.3) is 0 Å². The molecule has 0 fully saturated rings. The third-order valence-electron chi connectivity index (χ3n) is 3.92. The van der Waals surface area contributed by atoms with Crippen molar-refractivity contribution in [3.05, 3.63) is 59.7 Å². The third kappa shape index (κ3) is 5.67. The molecular weight excluding hydrogens is 396 g/mol. The normalized spacial score (nSPS) is 16.3. The highest BCUT2D eigenvalue weighted by atomic mass is 32.1. The first-order valence-corrected chi connectivity index (χ1v) is 9.04. The lowest BCUT2D eigenvalue weighted by atomic mass is 9.93. The number of allylic oxidation sites excluding steroid dienone is 2. The lowest BCUT2D eigenvalue weighted by molar-refractivity contribution is -0.167. The molecule has 0 saturated carbocycles. The summed E-state index contributed by atoms with van der Waals surface area (Å²) in [6.45, 7) is 0. The molecule has 0 radical (unpaired) electrons. The van der Waals surface area contributed by atoms with E-state index in [-0.39, 0.29) is 10.2 Å². The molecule has 2 rings (SSSR count). The van der Waals surface area contributed by atoms with Gasteiger partial charge in [-0.1, -0.05) is 42.5 Å². The molecule has 0 saturated heterocycles. The number of benzene rings is 1. The van der Waals surface area contributed by atoms with E-state index in [0.29, 0.717) is 17.8 Å². The number of hydrogen-bond acceptors (Lipinski definition) is 6. The minimum Gasteiger partial charge on any atom is -0.375 e. The van der Waals surface area contributed by atoms with Crippen molar-refractivity contribution in [2.75, 3.05) is 14.2 Å². The number of hydrazone groups is 2. The zero-order valence-corrected chi connectivity index (χ0v) is 17.1. The molecule has 0 aromatic heterocycles. The van der Waals surface area contributed by atoms with E-state index in [1.807, 2.05) is 48.6 Å². The van der Waals surface area contributed by atoms with Crippen LogP contribution in [0.4, 0.5) is 0 Å². The highest BCUT2D eigenvalue weighted by molar-refractivity contribution is 7.80. The number of rotatable bonds is 7. The zero-order chi connectivity index (χ0) is 20.6. The van der Waals surface area contributed by atoms with Gasteiger partial charge in [0.1, 0.15) is 11.4 Å². The fourth-order valence-electron chi connectivity index (χ4n) is 2.49. The molecule has 8 nitrogen and oxygen atoms in total. The highest BCUT2D eigenvalue weighted by Gasteiger charge is 2.29. The predicted molar refractivity (Wildman–Crippen MR) is 119 cm³/mol. The van der Waals surface area contributed by atoms with Crippen LogP contribution in [-0.4, -0.2) is 41.7 Å². The molecule has 0 amide bonds. The minimum atomic E-state index is -0.827. The Labute approximate surface area is 174 Å². The van der Waals surface area contributed by atoms with Crippen molar-refractivity contribution in [1.29, 1.82) is 0 Å². The monoisotopic (exact) mass is 418 g/mol. The molecule has 1 aliphatic rings. The van der Waals surface area contributed by atoms with Gasteiger partial charge in [-0.3, -0.25) is 10.9 Å². The standard InChI is InChI=1S/C18H22N6O2S2/c1-25-18(26-2)10-8-13(9-11-18)15(22-24-17(20)28)14(21-23-16(19)27)12-6-4-3-5-7-12/h3-10H,11H2,1-2H3,(H3,19,23,27)(H3,20,24,28). The summed E-state index contributed by atoms with van der Waals surface area (Å²) in [5, 5.41) is 8.73. The Balaban J connectivity index is 2.51. The molecule has 1 aliphatic carbocycles. The third-order valence-corrected chi connectivity index (χ3v) is 4.10. The molecule has 0 aliphatic heterocycles. The Bertz CT molecular complexity index is 845. The maximum absolute atomic E-state index is 5.56. The van der Waals surface area contributed by atoms with E-state index in [4.69, 9.17) is 45.4 Å². The summed E-state index contributed by atoms with van der Waals surface area (Å²) in [4.78, 5) is 0. The molecule has 6 N–H and O–H groups in total. The van der Waals surface area contributed by atoms with Crippen molar-refractivity contribution in [1.82, 2.24) is 10.9 Å². The summed E-state index contributed by atoms with van der Waals surface area (Å²) in [6.07, 6.45) is 6.03. The first kappa shape index (κ1) is 21.6. The molecule has 0 spiro atoms. The van der Waals surface area contributed by atoms with Crippen LogP contribution in [0.1, 0.15) is 12.0 Å². The average molecular weight is 419 g/mol. The van der Waals surface area contributed by atoms with Gasteiger partial charge >= 0.3 is 0 Å². The average Bonchev–Trinajstić information content (AvgIpc) is 2.71. The van der Waals surface area contributed by atoms with Crippen LogP contribution in [0, 0.1) is 0 Å². The van der Waals surface area contributed by atoms with Crippen molar-refractivity contribution >= 4 is 46.1 Å². The molecular formula is C18H22N6O2S2. The lowest BCUT2D eigenvalue weighted by Gasteiger charge is -2.29. The van der Waals surface area contributed by atoms with Crippen molar-refractivity contribution in [3.63, 3.8) is 0 Å². The zero-order valence-electron chi connectivity index (χ0n) is 15.5. The first-order valence-electron chi connectivity index (χ1n) is 8.23. The second-order valence-electron chi connectivity index (χ2n) is 5.66. The maximum atomic E-state index is 5.56. The molecule has 28 heavy (non-hydrogen) atoms. The van der Waals surface area contributed by atoms with Gasteiger partial charge in [0.05, 0.1) is 0 Å². The molecule has 10 heteroatoms. The van der Waals surface area contributed by atoms with Gasteiger partial charge in [0.25, 0.3) is 0 Å². The molecule has 1 aromatic carbocycles. The van der Waals surface area contributed by atoms with Crippen LogP contribution in [0.2, 0.25) is 0 Å². The van der Waals surface area contributed by atoms with Gasteiger partial charge < -0.3 is 20.9 Å². The lowest BCUT2D eigenvalue weighted by Crippen LogP contribution is -2.35. The summed E-state index contributed by atoms with van der Waals surface area (Å²) in [7, 11) is 3.16. The quantitative estimate of drug-likeness (QED) is 0.226. The van der Waals surface area contributed by atoms with E-state index in [2.05, 4.69) is 21.1 Å². The second kappa shape index (κ2) is 10.0. The number of nitrogens with zero attached hydrogens (tertiary/aromatic N) is 2. The number of thiocarbonyl (C=S) groups is 2. The van der Waals surface area contributed by atoms with Crippen molar-refractivity contribution in [2.45, 2.75) is 12.2 Å². The number of methoxy groups -OCH3 is 2. The molecule has 1 aromatic rings. The fraction of sp³-hybridized carbons (Fsp3) is 0.222. The van der Waals surface area contributed by atoms with Gasteiger partial charge in [-0.2, -0.15) is 10.2 Å². The van der Waals surface area contributed by atoms with Crippen molar-refractivity contribution in [2.24, 2.45) is 21.7 Å². The number of ether oxygens (including phenoxy) is 2. The molecule has 0 atom stereocenters. The van der Waals surface area contributed by atoms with Gasteiger partial charge in [0.15, 0.2) is 16.0 Å². The smallest absolute Gasteiger partial charge is 0.190 e. The Morgan fingerprint density at radius 3 is 2.04 bits per heavy atom. The molecule has 0 heterocycles.